The summed E-state index contributed by atoms with van der Waals surface area (Å²) >= 11 is 0. The molecule has 128 valence electrons. The van der Waals surface area contributed by atoms with Crippen molar-refractivity contribution in [2.75, 3.05) is 13.1 Å². The molecule has 1 aromatic heterocycles. The third-order valence-electron chi connectivity index (χ3n) is 4.58. The zero-order valence-corrected chi connectivity index (χ0v) is 14.2. The maximum atomic E-state index is 13.1. The van der Waals surface area contributed by atoms with E-state index in [-0.39, 0.29) is 11.7 Å². The first-order chi connectivity index (χ1) is 11.5. The van der Waals surface area contributed by atoms with Crippen LogP contribution in [0.3, 0.4) is 0 Å². The first-order valence-corrected chi connectivity index (χ1v) is 8.50. The number of piperidine rings is 1. The number of nitrogens with zero attached hydrogens (tertiary/aromatic N) is 2. The Balaban J connectivity index is 1.64. The molecule has 0 radical (unpaired) electrons. The molecule has 2 atom stereocenters. The van der Waals surface area contributed by atoms with E-state index in [1.807, 2.05) is 4.90 Å². The molecule has 0 aliphatic carbocycles. The van der Waals surface area contributed by atoms with Crippen LogP contribution in [0.4, 0.5) is 4.39 Å². The molecular formula is C19H23FN2O2. The molecule has 0 spiro atoms. The first kappa shape index (κ1) is 16.7. The second-order valence-corrected chi connectivity index (χ2v) is 6.93. The number of carbonyl (C=O) groups excluding carboxylic acids is 1. The lowest BCUT2D eigenvalue weighted by Gasteiger charge is -2.35. The number of carbonyl (C=O) groups is 1. The van der Waals surface area contributed by atoms with Crippen molar-refractivity contribution in [2.24, 2.45) is 11.8 Å². The molecule has 2 heterocycles. The summed E-state index contributed by atoms with van der Waals surface area (Å²) in [6.45, 7) is 6.08. The third kappa shape index (κ3) is 3.83. The van der Waals surface area contributed by atoms with Crippen LogP contribution in [0.25, 0.3) is 11.3 Å². The average Bonchev–Trinajstić information content (AvgIpc) is 3.01. The van der Waals surface area contributed by atoms with Crippen LogP contribution in [0, 0.1) is 17.7 Å². The number of aryl methyl sites for hydroxylation is 1. The minimum absolute atomic E-state index is 0.180. The molecule has 1 aromatic carbocycles. The summed E-state index contributed by atoms with van der Waals surface area (Å²) in [6, 6.07) is 6.11. The summed E-state index contributed by atoms with van der Waals surface area (Å²) < 4.78 is 18.4. The second kappa shape index (κ2) is 7.16. The van der Waals surface area contributed by atoms with Crippen molar-refractivity contribution in [2.45, 2.75) is 33.1 Å². The summed E-state index contributed by atoms with van der Waals surface area (Å²) in [7, 11) is 0. The SMILES string of the molecule is CC1CC(C)CN(C(=O)CCc2cnoc2-c2ccc(F)cc2)C1. The Bertz CT molecular complexity index is 686. The summed E-state index contributed by atoms with van der Waals surface area (Å²) in [5, 5.41) is 3.84. The predicted octanol–water partition coefficient (Wildman–Crippen LogP) is 3.92. The van der Waals surface area contributed by atoms with E-state index in [0.717, 1.165) is 24.2 Å². The number of hydrogen-bond acceptors (Lipinski definition) is 3. The van der Waals surface area contributed by atoms with Gasteiger partial charge in [0, 0.05) is 30.6 Å². The Morgan fingerprint density at radius 2 is 1.92 bits per heavy atom. The van der Waals surface area contributed by atoms with Crippen molar-refractivity contribution in [1.82, 2.24) is 10.1 Å². The maximum Gasteiger partial charge on any atom is 0.222 e. The van der Waals surface area contributed by atoms with Gasteiger partial charge in [-0.15, -0.1) is 0 Å². The molecule has 2 aromatic rings. The number of amides is 1. The monoisotopic (exact) mass is 330 g/mol. The highest BCUT2D eigenvalue weighted by atomic mass is 19.1. The van der Waals surface area contributed by atoms with E-state index in [1.165, 1.54) is 18.6 Å². The van der Waals surface area contributed by atoms with Crippen LogP contribution in [0.5, 0.6) is 0 Å². The highest BCUT2D eigenvalue weighted by molar-refractivity contribution is 5.77. The van der Waals surface area contributed by atoms with Crippen LogP contribution < -0.4 is 0 Å². The van der Waals surface area contributed by atoms with E-state index in [1.54, 1.807) is 18.3 Å². The number of rotatable bonds is 4. The van der Waals surface area contributed by atoms with E-state index in [4.69, 9.17) is 4.52 Å². The van der Waals surface area contributed by atoms with Crippen molar-refractivity contribution >= 4 is 5.91 Å². The molecule has 4 nitrogen and oxygen atoms in total. The highest BCUT2D eigenvalue weighted by Gasteiger charge is 2.25. The van der Waals surface area contributed by atoms with Crippen LogP contribution in [-0.4, -0.2) is 29.1 Å². The van der Waals surface area contributed by atoms with Gasteiger partial charge in [0.25, 0.3) is 0 Å². The molecule has 1 aliphatic rings. The van der Waals surface area contributed by atoms with Gasteiger partial charge in [-0.1, -0.05) is 19.0 Å². The highest BCUT2D eigenvalue weighted by Crippen LogP contribution is 2.26. The molecule has 1 fully saturated rings. The van der Waals surface area contributed by atoms with Crippen molar-refractivity contribution in [3.63, 3.8) is 0 Å². The van der Waals surface area contributed by atoms with Gasteiger partial charge >= 0.3 is 0 Å². The molecule has 0 saturated carbocycles. The fraction of sp³-hybridized carbons (Fsp3) is 0.474. The summed E-state index contributed by atoms with van der Waals surface area (Å²) in [4.78, 5) is 14.5. The predicted molar refractivity (Wildman–Crippen MR) is 89.7 cm³/mol. The fourth-order valence-corrected chi connectivity index (χ4v) is 3.54. The molecule has 3 rings (SSSR count). The van der Waals surface area contributed by atoms with Crippen LogP contribution in [0.2, 0.25) is 0 Å². The van der Waals surface area contributed by atoms with E-state index >= 15 is 0 Å². The zero-order chi connectivity index (χ0) is 17.1. The van der Waals surface area contributed by atoms with Gasteiger partial charge in [0.1, 0.15) is 5.82 Å². The molecule has 24 heavy (non-hydrogen) atoms. The smallest absolute Gasteiger partial charge is 0.222 e. The number of benzene rings is 1. The average molecular weight is 330 g/mol. The molecule has 1 amide bonds. The summed E-state index contributed by atoms with van der Waals surface area (Å²) in [5.74, 6) is 1.62. The first-order valence-electron chi connectivity index (χ1n) is 8.50. The van der Waals surface area contributed by atoms with E-state index in [0.29, 0.717) is 30.4 Å². The van der Waals surface area contributed by atoms with Gasteiger partial charge in [-0.3, -0.25) is 4.79 Å². The Morgan fingerprint density at radius 3 is 2.58 bits per heavy atom. The third-order valence-corrected chi connectivity index (χ3v) is 4.58. The van der Waals surface area contributed by atoms with Gasteiger partial charge in [-0.05, 0) is 48.9 Å². The molecule has 0 N–H and O–H groups in total. The molecule has 2 unspecified atom stereocenters. The topological polar surface area (TPSA) is 46.3 Å². The van der Waals surface area contributed by atoms with Gasteiger partial charge in [0.15, 0.2) is 5.76 Å². The minimum Gasteiger partial charge on any atom is -0.356 e. The maximum absolute atomic E-state index is 13.1. The van der Waals surface area contributed by atoms with Gasteiger partial charge in [-0.25, -0.2) is 4.39 Å². The normalized spacial score (nSPS) is 21.0. The zero-order valence-electron chi connectivity index (χ0n) is 14.2. The Morgan fingerprint density at radius 1 is 1.25 bits per heavy atom. The number of likely N-dealkylation sites (tertiary alicyclic amines) is 1. The second-order valence-electron chi connectivity index (χ2n) is 6.93. The Labute approximate surface area is 141 Å². The van der Waals surface area contributed by atoms with Gasteiger partial charge in [-0.2, -0.15) is 0 Å². The van der Waals surface area contributed by atoms with Crippen molar-refractivity contribution in [1.29, 1.82) is 0 Å². The van der Waals surface area contributed by atoms with Crippen molar-refractivity contribution < 1.29 is 13.7 Å². The van der Waals surface area contributed by atoms with Gasteiger partial charge in [0.2, 0.25) is 5.91 Å². The largest absolute Gasteiger partial charge is 0.356 e. The van der Waals surface area contributed by atoms with Crippen LogP contribution >= 0.6 is 0 Å². The lowest BCUT2D eigenvalue weighted by molar-refractivity contribution is -0.133. The Hall–Kier alpha value is -2.17. The lowest BCUT2D eigenvalue weighted by Crippen LogP contribution is -2.42. The number of halogens is 1. The molecule has 1 aliphatic heterocycles. The molecular weight excluding hydrogens is 307 g/mol. The molecule has 0 bridgehead atoms. The van der Waals surface area contributed by atoms with E-state index < -0.39 is 0 Å². The van der Waals surface area contributed by atoms with E-state index in [9.17, 15) is 9.18 Å². The minimum atomic E-state index is -0.289. The lowest BCUT2D eigenvalue weighted by atomic mass is 9.91. The van der Waals surface area contributed by atoms with Gasteiger partial charge < -0.3 is 9.42 Å². The van der Waals surface area contributed by atoms with Crippen molar-refractivity contribution in [3.05, 3.63) is 41.8 Å². The standard InChI is InChI=1S/C19H23FN2O2/c1-13-9-14(2)12-22(11-13)18(23)8-5-16-10-21-24-19(16)15-3-6-17(20)7-4-15/h3-4,6-7,10,13-14H,5,8-9,11-12H2,1-2H3. The van der Waals surface area contributed by atoms with E-state index in [2.05, 4.69) is 19.0 Å². The molecule has 5 heteroatoms. The summed E-state index contributed by atoms with van der Waals surface area (Å²) in [6.07, 6.45) is 3.85. The van der Waals surface area contributed by atoms with Crippen LogP contribution in [0.15, 0.2) is 35.0 Å². The Kier molecular flexibility index (Phi) is 4.97. The fourth-order valence-electron chi connectivity index (χ4n) is 3.54. The quantitative estimate of drug-likeness (QED) is 0.853. The van der Waals surface area contributed by atoms with Crippen LogP contribution in [-0.2, 0) is 11.2 Å². The summed E-state index contributed by atoms with van der Waals surface area (Å²) in [5.41, 5.74) is 1.66. The van der Waals surface area contributed by atoms with Crippen LogP contribution in [0.1, 0.15) is 32.3 Å². The number of aromatic nitrogens is 1. The van der Waals surface area contributed by atoms with Gasteiger partial charge in [0.05, 0.1) is 6.20 Å². The number of hydrogen-bond donors (Lipinski definition) is 0. The molecule has 1 saturated heterocycles. The van der Waals surface area contributed by atoms with Crippen molar-refractivity contribution in [3.8, 4) is 11.3 Å².